The fourth-order valence-corrected chi connectivity index (χ4v) is 4.92. The van der Waals surface area contributed by atoms with Crippen LogP contribution in [0.2, 0.25) is 0 Å². The van der Waals surface area contributed by atoms with Gasteiger partial charge in [0.15, 0.2) is 5.69 Å². The first-order chi connectivity index (χ1) is 20.2. The van der Waals surface area contributed by atoms with E-state index in [-0.39, 0.29) is 47.1 Å². The van der Waals surface area contributed by atoms with Crippen LogP contribution in [0.1, 0.15) is 52.7 Å². The van der Waals surface area contributed by atoms with Gasteiger partial charge in [-0.25, -0.2) is 13.8 Å². The van der Waals surface area contributed by atoms with Gasteiger partial charge in [-0.2, -0.15) is 9.61 Å². The van der Waals surface area contributed by atoms with E-state index in [1.54, 1.807) is 0 Å². The van der Waals surface area contributed by atoms with Crippen molar-refractivity contribution in [1.29, 1.82) is 0 Å². The van der Waals surface area contributed by atoms with E-state index in [1.165, 1.54) is 39.8 Å². The first-order valence-corrected chi connectivity index (χ1v) is 13.1. The van der Waals surface area contributed by atoms with Gasteiger partial charge in [-0.1, -0.05) is 25.5 Å². The molecule has 0 saturated carbocycles. The number of nitrogens with zero attached hydrogens (tertiary/aromatic N) is 5. The number of nitrogens with one attached hydrogen (secondary N) is 2. The Hall–Kier alpha value is -5.27. The predicted molar refractivity (Wildman–Crippen MR) is 146 cm³/mol. The second-order valence-electron chi connectivity index (χ2n) is 9.64. The summed E-state index contributed by atoms with van der Waals surface area (Å²) in [6, 6.07) is 8.61. The fraction of sp³-hybridized carbons (Fsp3) is 0.250. The molecule has 2 N–H and O–H groups in total. The molecule has 0 radical (unpaired) electrons. The summed E-state index contributed by atoms with van der Waals surface area (Å²) in [5, 5.41) is 9.02. The van der Waals surface area contributed by atoms with Gasteiger partial charge in [0.25, 0.3) is 17.4 Å². The topological polar surface area (TPSA) is 148 Å². The van der Waals surface area contributed by atoms with Gasteiger partial charge in [-0.05, 0) is 30.7 Å². The van der Waals surface area contributed by atoms with Crippen LogP contribution in [0, 0.1) is 11.6 Å². The number of amides is 3. The monoisotopic (exact) mass is 577 g/mol. The zero-order valence-corrected chi connectivity index (χ0v) is 22.3. The Morgan fingerprint density at radius 3 is 2.60 bits per heavy atom. The van der Waals surface area contributed by atoms with Crippen molar-refractivity contribution in [3.63, 3.8) is 0 Å². The van der Waals surface area contributed by atoms with E-state index in [4.69, 9.17) is 0 Å². The molecule has 1 aliphatic heterocycles. The number of carbonyl (C=O) groups is 4. The lowest BCUT2D eigenvalue weighted by Crippen LogP contribution is -2.36. The zero-order valence-electron chi connectivity index (χ0n) is 22.3. The van der Waals surface area contributed by atoms with E-state index in [1.807, 2.05) is 6.92 Å². The van der Waals surface area contributed by atoms with Crippen molar-refractivity contribution in [2.75, 3.05) is 10.6 Å². The Labute approximate surface area is 237 Å². The van der Waals surface area contributed by atoms with E-state index in [0.717, 1.165) is 22.8 Å². The highest BCUT2D eigenvalue weighted by Gasteiger charge is 2.38. The molecular formula is C28H25F2N7O5. The molecule has 42 heavy (non-hydrogen) atoms. The second-order valence-corrected chi connectivity index (χ2v) is 9.64. The van der Waals surface area contributed by atoms with Crippen molar-refractivity contribution in [1.82, 2.24) is 24.1 Å². The Kier molecular flexibility index (Phi) is 7.86. The molecule has 0 fully saturated rings. The number of halogens is 2. The van der Waals surface area contributed by atoms with Crippen molar-refractivity contribution in [2.45, 2.75) is 45.3 Å². The molecular weight excluding hydrogens is 552 g/mol. The highest BCUT2D eigenvalue weighted by molar-refractivity contribution is 6.04. The molecule has 0 spiro atoms. The van der Waals surface area contributed by atoms with Crippen LogP contribution in [0.4, 0.5) is 20.3 Å². The van der Waals surface area contributed by atoms with Crippen LogP contribution in [0.3, 0.4) is 0 Å². The molecule has 3 amide bonds. The molecule has 5 rings (SSSR count). The Bertz CT molecular complexity index is 1770. The maximum Gasteiger partial charge on any atom is 0.280 e. The number of benzene rings is 1. The third kappa shape index (κ3) is 5.38. The van der Waals surface area contributed by atoms with Gasteiger partial charge in [-0.3, -0.25) is 19.2 Å². The minimum atomic E-state index is -0.822. The number of para-hydroxylation sites is 1. The normalized spacial score (nSPS) is 13.2. The smallest absolute Gasteiger partial charge is 0.280 e. The summed E-state index contributed by atoms with van der Waals surface area (Å²) in [6.45, 7) is 1.27. The van der Waals surface area contributed by atoms with Crippen molar-refractivity contribution >= 4 is 41.2 Å². The van der Waals surface area contributed by atoms with E-state index in [0.29, 0.717) is 19.1 Å². The number of aromatic nitrogens is 4. The molecule has 1 atom stereocenters. The summed E-state index contributed by atoms with van der Waals surface area (Å²) in [4.78, 5) is 69.9. The Morgan fingerprint density at radius 2 is 1.90 bits per heavy atom. The number of hydrogen-bond donors (Lipinski definition) is 2. The summed E-state index contributed by atoms with van der Waals surface area (Å²) in [5.41, 5.74) is -1.13. The fourth-order valence-electron chi connectivity index (χ4n) is 4.92. The minimum Gasteiger partial charge on any atom is -0.329 e. The summed E-state index contributed by atoms with van der Waals surface area (Å²) in [5.74, 6) is -3.27. The van der Waals surface area contributed by atoms with Gasteiger partial charge in [0, 0.05) is 18.5 Å². The van der Waals surface area contributed by atoms with Crippen LogP contribution in [-0.4, -0.2) is 54.1 Å². The van der Waals surface area contributed by atoms with Gasteiger partial charge < -0.3 is 24.9 Å². The van der Waals surface area contributed by atoms with E-state index < -0.39 is 47.5 Å². The van der Waals surface area contributed by atoms with E-state index >= 15 is 0 Å². The lowest BCUT2D eigenvalue weighted by molar-refractivity contribution is -0.116. The van der Waals surface area contributed by atoms with Crippen molar-refractivity contribution in [2.24, 2.45) is 0 Å². The van der Waals surface area contributed by atoms with Gasteiger partial charge in [-0.15, -0.1) is 0 Å². The highest BCUT2D eigenvalue weighted by Crippen LogP contribution is 2.27. The number of anilines is 2. The lowest BCUT2D eigenvalue weighted by atomic mass is 10.1. The number of pyridine rings is 1. The Balaban J connectivity index is 1.58. The molecule has 14 heteroatoms. The Morgan fingerprint density at radius 1 is 1.12 bits per heavy atom. The number of hydrogen-bond acceptors (Lipinski definition) is 7. The summed E-state index contributed by atoms with van der Waals surface area (Å²) in [7, 11) is 0. The molecule has 12 nitrogen and oxygen atoms in total. The van der Waals surface area contributed by atoms with Crippen molar-refractivity contribution in [3.05, 3.63) is 87.6 Å². The SMILES string of the molecule is CCCC(CC=O)N1Cc2c(n(CC(=O)Nc3ccc(F)cn3)c3cc(C(=O)Nc4ccccc4F)nn3c2=O)C1=O. The predicted octanol–water partition coefficient (Wildman–Crippen LogP) is 2.77. The molecule has 3 aromatic heterocycles. The van der Waals surface area contributed by atoms with Crippen LogP contribution in [0.15, 0.2) is 53.5 Å². The van der Waals surface area contributed by atoms with Crippen LogP contribution >= 0.6 is 0 Å². The summed E-state index contributed by atoms with van der Waals surface area (Å²) >= 11 is 0. The van der Waals surface area contributed by atoms with Gasteiger partial charge >= 0.3 is 0 Å². The maximum atomic E-state index is 14.1. The van der Waals surface area contributed by atoms with Crippen LogP contribution in [0.25, 0.3) is 5.65 Å². The first-order valence-electron chi connectivity index (χ1n) is 13.1. The van der Waals surface area contributed by atoms with Crippen LogP contribution in [-0.2, 0) is 22.7 Å². The van der Waals surface area contributed by atoms with E-state index in [9.17, 15) is 32.8 Å². The van der Waals surface area contributed by atoms with Crippen LogP contribution in [0.5, 0.6) is 0 Å². The molecule has 1 unspecified atom stereocenters. The standard InChI is InChI=1S/C28H25F2N7O5/c1-2-5-17(10-11-38)35-14-18-25(28(35)42)36(15-23(39)33-22-9-8-16(29)13-31-22)24-12-21(34-37(24)27(18)41)26(40)32-20-7-4-3-6-19(20)30/h3-4,6-9,11-13,17H,2,5,10,14-15H2,1H3,(H,32,40)(H,31,33,39). The van der Waals surface area contributed by atoms with Crippen LogP contribution < -0.4 is 16.2 Å². The largest absolute Gasteiger partial charge is 0.329 e. The van der Waals surface area contributed by atoms with Gasteiger partial charge in [0.1, 0.15) is 41.6 Å². The van der Waals surface area contributed by atoms with Crippen molar-refractivity contribution < 1.29 is 28.0 Å². The van der Waals surface area contributed by atoms with Gasteiger partial charge in [0.05, 0.1) is 24.0 Å². The van der Waals surface area contributed by atoms with E-state index in [2.05, 4.69) is 20.7 Å². The number of fused-ring (bicyclic) bond motifs is 2. The first kappa shape index (κ1) is 28.3. The van der Waals surface area contributed by atoms with Gasteiger partial charge in [0.2, 0.25) is 5.91 Å². The lowest BCUT2D eigenvalue weighted by Gasteiger charge is -2.25. The second kappa shape index (κ2) is 11.7. The average Bonchev–Trinajstić information content (AvgIpc) is 3.56. The molecule has 0 aliphatic carbocycles. The highest BCUT2D eigenvalue weighted by atomic mass is 19.1. The molecule has 1 aliphatic rings. The minimum absolute atomic E-state index is 0.0383. The maximum absolute atomic E-state index is 14.1. The number of rotatable bonds is 10. The molecule has 1 aromatic carbocycles. The average molecular weight is 578 g/mol. The molecule has 0 saturated heterocycles. The molecule has 4 heterocycles. The molecule has 216 valence electrons. The number of aldehydes is 1. The molecule has 4 aromatic rings. The number of carbonyl (C=O) groups excluding carboxylic acids is 4. The van der Waals surface area contributed by atoms with Crippen molar-refractivity contribution in [3.8, 4) is 0 Å². The summed E-state index contributed by atoms with van der Waals surface area (Å²) < 4.78 is 29.6. The zero-order chi connectivity index (χ0) is 30.0. The third-order valence-electron chi connectivity index (χ3n) is 6.85. The quantitative estimate of drug-likeness (QED) is 0.276. The summed E-state index contributed by atoms with van der Waals surface area (Å²) in [6.07, 6.45) is 2.89. The molecule has 0 bridgehead atoms. The third-order valence-corrected chi connectivity index (χ3v) is 6.85.